The highest BCUT2D eigenvalue weighted by atomic mass is 32.2. The van der Waals surface area contributed by atoms with Crippen LogP contribution in [0.15, 0.2) is 0 Å². The van der Waals surface area contributed by atoms with E-state index in [2.05, 4.69) is 0 Å². The van der Waals surface area contributed by atoms with Gasteiger partial charge in [0, 0.05) is 17.5 Å². The van der Waals surface area contributed by atoms with Gasteiger partial charge < -0.3 is 14.4 Å². The third-order valence-corrected chi connectivity index (χ3v) is 7.17. The van der Waals surface area contributed by atoms with Crippen LogP contribution in [0.5, 0.6) is 0 Å². The van der Waals surface area contributed by atoms with Gasteiger partial charge in [-0.05, 0) is 56.8 Å². The zero-order valence-electron chi connectivity index (χ0n) is 14.9. The number of rotatable bonds is 8. The quantitative estimate of drug-likeness (QED) is 0.275. The zero-order chi connectivity index (χ0) is 21.0. The first kappa shape index (κ1) is 21.5. The minimum absolute atomic E-state index is 0.0972. The van der Waals surface area contributed by atoms with E-state index in [1.807, 2.05) is 0 Å². The number of halogens is 4. The van der Waals surface area contributed by atoms with E-state index in [9.17, 15) is 41.0 Å². The van der Waals surface area contributed by atoms with Crippen LogP contribution in [-0.2, 0) is 25.4 Å². The van der Waals surface area contributed by atoms with Crippen molar-refractivity contribution in [2.24, 2.45) is 22.7 Å². The lowest BCUT2D eigenvalue weighted by Crippen LogP contribution is -2.57. The number of esters is 1. The predicted molar refractivity (Wildman–Crippen MR) is 86.2 cm³/mol. The van der Waals surface area contributed by atoms with Crippen molar-refractivity contribution in [2.75, 3.05) is 6.61 Å². The van der Waals surface area contributed by atoms with Crippen LogP contribution in [0.25, 0.3) is 0 Å². The Morgan fingerprint density at radius 2 is 1.64 bits per heavy atom. The first-order valence-corrected chi connectivity index (χ1v) is 10.2. The molecule has 0 heterocycles. The van der Waals surface area contributed by atoms with Crippen LogP contribution in [0.2, 0.25) is 0 Å². The third kappa shape index (κ3) is 3.44. The van der Waals surface area contributed by atoms with Crippen molar-refractivity contribution < 1.29 is 45.8 Å². The molecular formula is C17H21F4O6S-. The smallest absolute Gasteiger partial charge is 0.371 e. The molecule has 3 atom stereocenters. The molecule has 4 fully saturated rings. The summed E-state index contributed by atoms with van der Waals surface area (Å²) in [5, 5.41) is 4.44. The number of hydrogen-bond acceptors (Lipinski definition) is 5. The summed E-state index contributed by atoms with van der Waals surface area (Å²) >= 11 is -4.27. The van der Waals surface area contributed by atoms with E-state index in [0.29, 0.717) is 25.7 Å². The Bertz CT molecular complexity index is 683. The van der Waals surface area contributed by atoms with E-state index < -0.39 is 64.5 Å². The Morgan fingerprint density at radius 3 is 2.14 bits per heavy atom. The first-order chi connectivity index (χ1) is 12.8. The molecular weight excluding hydrogens is 408 g/mol. The first-order valence-electron chi connectivity index (χ1n) is 9.09. The summed E-state index contributed by atoms with van der Waals surface area (Å²) in [6.45, 7) is -0.562. The van der Waals surface area contributed by atoms with Crippen LogP contribution in [-0.4, -0.2) is 43.6 Å². The van der Waals surface area contributed by atoms with Crippen molar-refractivity contribution in [3.63, 3.8) is 0 Å². The van der Waals surface area contributed by atoms with Crippen molar-refractivity contribution >= 4 is 23.0 Å². The molecule has 4 bridgehead atoms. The van der Waals surface area contributed by atoms with Crippen molar-refractivity contribution in [3.8, 4) is 0 Å². The van der Waals surface area contributed by atoms with Crippen LogP contribution < -0.4 is 0 Å². The number of carboxylic acids is 1. The minimum Gasteiger partial charge on any atom is -0.768 e. The summed E-state index contributed by atoms with van der Waals surface area (Å²) in [4.78, 5) is 24.4. The number of hydrogen-bond donors (Lipinski definition) is 1. The average Bonchev–Trinajstić information content (AvgIpc) is 2.56. The fraction of sp³-hybridized carbons (Fsp3) is 0.882. The van der Waals surface area contributed by atoms with Crippen LogP contribution in [0.1, 0.15) is 51.4 Å². The maximum Gasteiger partial charge on any atom is 0.371 e. The number of carbonyl (C=O) groups excluding carboxylic acids is 1. The summed E-state index contributed by atoms with van der Waals surface area (Å²) in [6.07, 6.45) is 0.907. The minimum atomic E-state index is -5.20. The Kier molecular flexibility index (Phi) is 5.31. The van der Waals surface area contributed by atoms with E-state index in [4.69, 9.17) is 4.74 Å². The second-order valence-corrected chi connectivity index (χ2v) is 9.50. The molecule has 160 valence electrons. The number of carboxylic acid groups (broad SMARTS) is 1. The SMILES string of the molecule is O=C(O)C12CC3CC(C1)CC(C(=O)OCCCC(F)(F)C(F)(F)S(=O)[O-])(C3)C2. The fourth-order valence-electron chi connectivity index (χ4n) is 5.63. The number of ether oxygens (including phenoxy) is 1. The molecule has 4 aliphatic carbocycles. The lowest BCUT2D eigenvalue weighted by molar-refractivity contribution is -0.192. The van der Waals surface area contributed by atoms with Crippen molar-refractivity contribution in [3.05, 3.63) is 0 Å². The second kappa shape index (κ2) is 6.93. The fourth-order valence-corrected chi connectivity index (χ4v) is 5.98. The molecule has 0 aromatic heterocycles. The number of carbonyl (C=O) groups is 2. The van der Waals surface area contributed by atoms with Crippen molar-refractivity contribution in [2.45, 2.75) is 62.5 Å². The Hall–Kier alpha value is -1.23. The lowest BCUT2D eigenvalue weighted by atomic mass is 9.44. The summed E-state index contributed by atoms with van der Waals surface area (Å²) in [5.74, 6) is -6.19. The third-order valence-electron chi connectivity index (χ3n) is 6.45. The molecule has 28 heavy (non-hydrogen) atoms. The molecule has 4 rings (SSSR count). The van der Waals surface area contributed by atoms with E-state index >= 15 is 0 Å². The number of aliphatic carboxylic acids is 1. The molecule has 4 saturated carbocycles. The highest BCUT2D eigenvalue weighted by Gasteiger charge is 2.64. The summed E-state index contributed by atoms with van der Waals surface area (Å²) in [7, 11) is 0. The van der Waals surface area contributed by atoms with Gasteiger partial charge in [0.2, 0.25) is 0 Å². The van der Waals surface area contributed by atoms with Gasteiger partial charge in [-0.3, -0.25) is 13.8 Å². The highest BCUT2D eigenvalue weighted by Crippen LogP contribution is 2.65. The van der Waals surface area contributed by atoms with Gasteiger partial charge in [0.1, 0.15) is 0 Å². The maximum absolute atomic E-state index is 13.4. The highest BCUT2D eigenvalue weighted by molar-refractivity contribution is 7.80. The standard InChI is InChI=1S/C17H22F4O6S/c18-16(19,17(20,21)28(25)26)2-1-3-27-13(24)15-7-10-4-11(8-15)6-14(5-10,9-15)12(22)23/h10-11H,1-9H2,(H,22,23)(H,25,26)/p-1. The van der Waals surface area contributed by atoms with Crippen LogP contribution in [0, 0.1) is 22.7 Å². The molecule has 0 radical (unpaired) electrons. The normalized spacial score (nSPS) is 35.6. The largest absolute Gasteiger partial charge is 0.768 e. The van der Waals surface area contributed by atoms with E-state index in [1.54, 1.807) is 0 Å². The summed E-state index contributed by atoms with van der Waals surface area (Å²) in [6, 6.07) is 0. The Labute approximate surface area is 161 Å². The van der Waals surface area contributed by atoms with Crippen molar-refractivity contribution in [1.29, 1.82) is 0 Å². The van der Waals surface area contributed by atoms with Gasteiger partial charge in [0.25, 0.3) is 0 Å². The predicted octanol–water partition coefficient (Wildman–Crippen LogP) is 3.09. The zero-order valence-corrected chi connectivity index (χ0v) is 15.7. The number of alkyl halides is 4. The summed E-state index contributed by atoms with van der Waals surface area (Å²) < 4.78 is 78.4. The molecule has 1 N–H and O–H groups in total. The van der Waals surface area contributed by atoms with Gasteiger partial charge >= 0.3 is 23.1 Å². The average molecular weight is 429 g/mol. The Balaban J connectivity index is 1.59. The molecule has 0 aromatic rings. The molecule has 0 spiro atoms. The van der Waals surface area contributed by atoms with Crippen molar-refractivity contribution in [1.82, 2.24) is 0 Å². The van der Waals surface area contributed by atoms with E-state index in [-0.39, 0.29) is 18.3 Å². The second-order valence-electron chi connectivity index (χ2n) is 8.52. The molecule has 0 amide bonds. The van der Waals surface area contributed by atoms with E-state index in [1.165, 1.54) is 0 Å². The molecule has 11 heteroatoms. The van der Waals surface area contributed by atoms with Gasteiger partial charge in [-0.2, -0.15) is 17.6 Å². The van der Waals surface area contributed by atoms with Gasteiger partial charge in [-0.15, -0.1) is 0 Å². The molecule has 0 saturated heterocycles. The van der Waals surface area contributed by atoms with Gasteiger partial charge in [-0.1, -0.05) is 0 Å². The van der Waals surface area contributed by atoms with Gasteiger partial charge in [-0.25, -0.2) is 0 Å². The van der Waals surface area contributed by atoms with E-state index in [0.717, 1.165) is 6.42 Å². The monoisotopic (exact) mass is 429 g/mol. The van der Waals surface area contributed by atoms with Gasteiger partial charge in [0.05, 0.1) is 17.4 Å². The maximum atomic E-state index is 13.4. The Morgan fingerprint density at radius 1 is 1.11 bits per heavy atom. The topological polar surface area (TPSA) is 104 Å². The molecule has 3 unspecified atom stereocenters. The van der Waals surface area contributed by atoms with Crippen LogP contribution in [0.3, 0.4) is 0 Å². The molecule has 0 aliphatic heterocycles. The van der Waals surface area contributed by atoms with Crippen LogP contribution in [0.4, 0.5) is 17.6 Å². The summed E-state index contributed by atoms with van der Waals surface area (Å²) in [5.41, 5.74) is -1.93. The lowest BCUT2D eigenvalue weighted by Gasteiger charge is -2.59. The molecule has 0 aromatic carbocycles. The molecule has 4 aliphatic rings. The van der Waals surface area contributed by atoms with Gasteiger partial charge in [0.15, 0.2) is 0 Å². The van der Waals surface area contributed by atoms with Crippen LogP contribution >= 0.6 is 0 Å². The molecule has 6 nitrogen and oxygen atoms in total.